The van der Waals surface area contributed by atoms with Crippen molar-refractivity contribution in [1.29, 1.82) is 0 Å². The van der Waals surface area contributed by atoms with Crippen molar-refractivity contribution in [2.24, 2.45) is 0 Å². The monoisotopic (exact) mass is 349 g/mol. The van der Waals surface area contributed by atoms with Crippen molar-refractivity contribution in [2.75, 3.05) is 0 Å². The minimum atomic E-state index is 0.771. The van der Waals surface area contributed by atoms with Crippen LogP contribution in [-0.2, 0) is 6.54 Å². The van der Waals surface area contributed by atoms with Crippen LogP contribution in [0.15, 0.2) is 72.1 Å². The van der Waals surface area contributed by atoms with Crippen LogP contribution in [0.1, 0.15) is 16.0 Å². The summed E-state index contributed by atoms with van der Waals surface area (Å²) < 4.78 is 2.18. The van der Waals surface area contributed by atoms with E-state index in [0.717, 1.165) is 22.8 Å². The van der Waals surface area contributed by atoms with E-state index in [4.69, 9.17) is 11.6 Å². The van der Waals surface area contributed by atoms with E-state index < -0.39 is 0 Å². The fourth-order valence-corrected chi connectivity index (χ4v) is 3.86. The number of nitrogens with zero attached hydrogens (tertiary/aromatic N) is 1. The summed E-state index contributed by atoms with van der Waals surface area (Å²) in [4.78, 5) is 1.23. The Hall–Kier alpha value is -2.29. The van der Waals surface area contributed by atoms with Crippen LogP contribution in [0, 0.1) is 0 Å². The van der Waals surface area contributed by atoms with Crippen LogP contribution in [0.2, 0.25) is 5.15 Å². The number of benzene rings is 2. The van der Waals surface area contributed by atoms with Gasteiger partial charge in [0.05, 0.1) is 5.52 Å². The van der Waals surface area contributed by atoms with E-state index in [0.29, 0.717) is 0 Å². The summed E-state index contributed by atoms with van der Waals surface area (Å²) >= 11 is 8.48. The second-order valence-electron chi connectivity index (χ2n) is 5.64. The highest BCUT2D eigenvalue weighted by atomic mass is 35.5. The van der Waals surface area contributed by atoms with Gasteiger partial charge in [-0.25, -0.2) is 0 Å². The van der Waals surface area contributed by atoms with Gasteiger partial charge in [-0.15, -0.1) is 11.3 Å². The lowest BCUT2D eigenvalue weighted by Crippen LogP contribution is -1.99. The molecule has 0 saturated heterocycles. The molecule has 24 heavy (non-hydrogen) atoms. The highest BCUT2D eigenvalue weighted by Gasteiger charge is 2.13. The van der Waals surface area contributed by atoms with Gasteiger partial charge in [0, 0.05) is 22.4 Å². The van der Waals surface area contributed by atoms with E-state index in [1.165, 1.54) is 15.8 Å². The first-order valence-electron chi connectivity index (χ1n) is 7.85. The zero-order valence-corrected chi connectivity index (χ0v) is 14.6. The molecule has 0 spiro atoms. The van der Waals surface area contributed by atoms with Gasteiger partial charge in [0.1, 0.15) is 5.15 Å². The molecule has 3 heteroatoms. The third kappa shape index (κ3) is 2.91. The second kappa shape index (κ2) is 6.68. The standard InChI is InChI=1S/C21H16ClNS/c22-21-19(13-12-17-9-6-14-24-17)18-10-4-5-11-20(18)23(21)15-16-7-2-1-3-8-16/h1-14H,15H2/b13-12-. The molecule has 0 aliphatic rings. The Kier molecular flexibility index (Phi) is 4.24. The van der Waals surface area contributed by atoms with Crippen molar-refractivity contribution >= 4 is 46.0 Å². The summed E-state index contributed by atoms with van der Waals surface area (Å²) in [5, 5.41) is 4.05. The molecule has 1 nitrogen and oxygen atoms in total. The maximum Gasteiger partial charge on any atom is 0.117 e. The molecule has 0 amide bonds. The van der Waals surface area contributed by atoms with E-state index in [-0.39, 0.29) is 0 Å². The molecule has 0 unspecified atom stereocenters. The lowest BCUT2D eigenvalue weighted by Gasteiger charge is -2.07. The predicted octanol–water partition coefficient (Wildman–Crippen LogP) is 6.57. The lowest BCUT2D eigenvalue weighted by molar-refractivity contribution is 0.837. The molecular weight excluding hydrogens is 334 g/mol. The molecule has 0 N–H and O–H groups in total. The molecule has 0 bridgehead atoms. The van der Waals surface area contributed by atoms with E-state index in [9.17, 15) is 0 Å². The van der Waals surface area contributed by atoms with Crippen molar-refractivity contribution in [3.05, 3.63) is 93.3 Å². The van der Waals surface area contributed by atoms with Gasteiger partial charge in [-0.1, -0.05) is 66.2 Å². The molecule has 4 rings (SSSR count). The Morgan fingerprint density at radius 3 is 2.46 bits per heavy atom. The zero-order valence-electron chi connectivity index (χ0n) is 13.0. The first-order chi connectivity index (χ1) is 11.8. The number of hydrogen-bond donors (Lipinski definition) is 0. The topological polar surface area (TPSA) is 4.93 Å². The van der Waals surface area contributed by atoms with Gasteiger partial charge in [-0.2, -0.15) is 0 Å². The number of thiophene rings is 1. The second-order valence-corrected chi connectivity index (χ2v) is 6.98. The number of fused-ring (bicyclic) bond motifs is 1. The first-order valence-corrected chi connectivity index (χ1v) is 9.11. The molecule has 0 aliphatic carbocycles. The van der Waals surface area contributed by atoms with Crippen LogP contribution in [-0.4, -0.2) is 4.57 Å². The quantitative estimate of drug-likeness (QED) is 0.392. The zero-order chi connectivity index (χ0) is 16.4. The van der Waals surface area contributed by atoms with E-state index in [2.05, 4.69) is 82.8 Å². The summed E-state index contributed by atoms with van der Waals surface area (Å²) in [5.74, 6) is 0. The number of rotatable bonds is 4. The van der Waals surface area contributed by atoms with Gasteiger partial charge < -0.3 is 4.57 Å². The summed E-state index contributed by atoms with van der Waals surface area (Å²) in [7, 11) is 0. The van der Waals surface area contributed by atoms with E-state index >= 15 is 0 Å². The van der Waals surface area contributed by atoms with Crippen molar-refractivity contribution in [3.63, 3.8) is 0 Å². The van der Waals surface area contributed by atoms with Gasteiger partial charge in [-0.3, -0.25) is 0 Å². The summed E-state index contributed by atoms with van der Waals surface area (Å²) in [6, 6.07) is 23.0. The maximum absolute atomic E-state index is 6.76. The minimum Gasteiger partial charge on any atom is -0.327 e. The van der Waals surface area contributed by atoms with Crippen molar-refractivity contribution in [1.82, 2.24) is 4.57 Å². The van der Waals surface area contributed by atoms with Gasteiger partial charge in [0.2, 0.25) is 0 Å². The third-order valence-corrected chi connectivity index (χ3v) is 5.33. The van der Waals surface area contributed by atoms with Gasteiger partial charge in [0.25, 0.3) is 0 Å². The number of para-hydroxylation sites is 1. The molecule has 0 atom stereocenters. The molecule has 118 valence electrons. The maximum atomic E-state index is 6.76. The average Bonchev–Trinajstić information content (AvgIpc) is 3.22. The molecule has 2 aromatic heterocycles. The molecule has 2 heterocycles. The molecular formula is C21H16ClNS. The largest absolute Gasteiger partial charge is 0.327 e. The Bertz CT molecular complexity index is 982. The SMILES string of the molecule is Clc1c(/C=C\c2cccs2)c2ccccc2n1Cc1ccccc1. The molecule has 0 radical (unpaired) electrons. The van der Waals surface area contributed by atoms with Crippen LogP contribution in [0.25, 0.3) is 23.1 Å². The van der Waals surface area contributed by atoms with Gasteiger partial charge in [-0.05, 0) is 35.2 Å². The minimum absolute atomic E-state index is 0.771. The normalized spacial score (nSPS) is 11.5. The highest BCUT2D eigenvalue weighted by molar-refractivity contribution is 7.10. The predicted molar refractivity (Wildman–Crippen MR) is 106 cm³/mol. The Labute approximate surface area is 150 Å². The summed E-state index contributed by atoms with van der Waals surface area (Å²) in [6.45, 7) is 0.771. The number of halogens is 1. The van der Waals surface area contributed by atoms with Crippen LogP contribution in [0.5, 0.6) is 0 Å². The van der Waals surface area contributed by atoms with Gasteiger partial charge >= 0.3 is 0 Å². The number of aromatic nitrogens is 1. The van der Waals surface area contributed by atoms with E-state index in [1.54, 1.807) is 11.3 Å². The molecule has 0 aliphatic heterocycles. The highest BCUT2D eigenvalue weighted by Crippen LogP contribution is 2.32. The Balaban J connectivity index is 1.81. The lowest BCUT2D eigenvalue weighted by atomic mass is 10.1. The van der Waals surface area contributed by atoms with Crippen LogP contribution >= 0.6 is 22.9 Å². The van der Waals surface area contributed by atoms with E-state index in [1.807, 2.05) is 6.07 Å². The third-order valence-electron chi connectivity index (χ3n) is 4.09. The van der Waals surface area contributed by atoms with Gasteiger partial charge in [0.15, 0.2) is 0 Å². The fraction of sp³-hybridized carbons (Fsp3) is 0.0476. The average molecular weight is 350 g/mol. The van der Waals surface area contributed by atoms with Crippen molar-refractivity contribution in [3.8, 4) is 0 Å². The molecule has 4 aromatic rings. The molecule has 0 fully saturated rings. The fourth-order valence-electron chi connectivity index (χ4n) is 2.93. The Morgan fingerprint density at radius 2 is 1.67 bits per heavy atom. The molecule has 2 aromatic carbocycles. The Morgan fingerprint density at radius 1 is 0.875 bits per heavy atom. The van der Waals surface area contributed by atoms with Crippen LogP contribution in [0.4, 0.5) is 0 Å². The van der Waals surface area contributed by atoms with Crippen molar-refractivity contribution in [2.45, 2.75) is 6.54 Å². The van der Waals surface area contributed by atoms with Crippen LogP contribution in [0.3, 0.4) is 0 Å². The van der Waals surface area contributed by atoms with Crippen molar-refractivity contribution < 1.29 is 0 Å². The van der Waals surface area contributed by atoms with Crippen LogP contribution < -0.4 is 0 Å². The summed E-state index contributed by atoms with van der Waals surface area (Å²) in [6.07, 6.45) is 4.25. The first kappa shape index (κ1) is 15.3. The molecule has 0 saturated carbocycles. The number of hydrogen-bond acceptors (Lipinski definition) is 1. The summed E-state index contributed by atoms with van der Waals surface area (Å²) in [5.41, 5.74) is 3.49. The smallest absolute Gasteiger partial charge is 0.117 e.